The highest BCUT2D eigenvalue weighted by Gasteiger charge is 2.30. The quantitative estimate of drug-likeness (QED) is 0.276. The van der Waals surface area contributed by atoms with Crippen LogP contribution in [0.3, 0.4) is 0 Å². The molecule has 1 amide bonds. The SMILES string of the molecule is CCOC(=Cc1ccc(-c2cccc(CN(C)C(=O)c3ccc(C(F)(F)F)cc3)c2)c(OC)c1)C(=O)O. The van der Waals surface area contributed by atoms with Crippen molar-refractivity contribution in [2.45, 2.75) is 19.6 Å². The van der Waals surface area contributed by atoms with Gasteiger partial charge in [-0.3, -0.25) is 4.79 Å². The first-order chi connectivity index (χ1) is 17.5. The molecule has 0 aliphatic rings. The molecule has 3 aromatic carbocycles. The van der Waals surface area contributed by atoms with Gasteiger partial charge in [-0.1, -0.05) is 30.3 Å². The van der Waals surface area contributed by atoms with Crippen LogP contribution in [0.2, 0.25) is 0 Å². The third-order valence-electron chi connectivity index (χ3n) is 5.50. The number of halogens is 3. The van der Waals surface area contributed by atoms with Gasteiger partial charge in [0.15, 0.2) is 0 Å². The van der Waals surface area contributed by atoms with Gasteiger partial charge in [-0.15, -0.1) is 0 Å². The normalized spacial score (nSPS) is 11.7. The van der Waals surface area contributed by atoms with Crippen LogP contribution >= 0.6 is 0 Å². The average molecular weight is 514 g/mol. The van der Waals surface area contributed by atoms with E-state index in [-0.39, 0.29) is 24.5 Å². The zero-order chi connectivity index (χ0) is 27.2. The van der Waals surface area contributed by atoms with Crippen molar-refractivity contribution >= 4 is 18.0 Å². The number of carboxylic acids is 1. The molecular weight excluding hydrogens is 487 g/mol. The first-order valence-electron chi connectivity index (χ1n) is 11.3. The molecule has 3 aromatic rings. The van der Waals surface area contributed by atoms with E-state index >= 15 is 0 Å². The maximum Gasteiger partial charge on any atom is 0.416 e. The molecule has 37 heavy (non-hydrogen) atoms. The molecule has 1 N–H and O–H groups in total. The van der Waals surface area contributed by atoms with Gasteiger partial charge in [0.2, 0.25) is 5.76 Å². The van der Waals surface area contributed by atoms with Gasteiger partial charge in [0.1, 0.15) is 5.75 Å². The van der Waals surface area contributed by atoms with Crippen LogP contribution < -0.4 is 4.74 Å². The summed E-state index contributed by atoms with van der Waals surface area (Å²) in [7, 11) is 3.08. The number of nitrogens with zero attached hydrogens (tertiary/aromatic N) is 1. The molecule has 9 heteroatoms. The Balaban J connectivity index is 1.81. The van der Waals surface area contributed by atoms with Crippen LogP contribution in [0, 0.1) is 0 Å². The van der Waals surface area contributed by atoms with Crippen molar-refractivity contribution in [1.29, 1.82) is 0 Å². The molecule has 0 fully saturated rings. The topological polar surface area (TPSA) is 76.1 Å². The van der Waals surface area contributed by atoms with Gasteiger partial charge in [-0.25, -0.2) is 4.79 Å². The van der Waals surface area contributed by atoms with Crippen LogP contribution in [0.25, 0.3) is 17.2 Å². The molecule has 3 rings (SSSR count). The molecule has 0 saturated heterocycles. The van der Waals surface area contributed by atoms with Gasteiger partial charge in [-0.2, -0.15) is 13.2 Å². The monoisotopic (exact) mass is 513 g/mol. The van der Waals surface area contributed by atoms with Crippen molar-refractivity contribution in [2.24, 2.45) is 0 Å². The summed E-state index contributed by atoms with van der Waals surface area (Å²) in [6.07, 6.45) is -3.05. The van der Waals surface area contributed by atoms with E-state index in [1.54, 1.807) is 32.2 Å². The van der Waals surface area contributed by atoms with E-state index in [0.29, 0.717) is 11.3 Å². The van der Waals surface area contributed by atoms with E-state index in [1.165, 1.54) is 30.2 Å². The Labute approximate surface area is 212 Å². The summed E-state index contributed by atoms with van der Waals surface area (Å²) in [6, 6.07) is 16.8. The predicted molar refractivity (Wildman–Crippen MR) is 133 cm³/mol. The molecule has 0 bridgehead atoms. The molecule has 194 valence electrons. The van der Waals surface area contributed by atoms with E-state index in [9.17, 15) is 27.9 Å². The average Bonchev–Trinajstić information content (AvgIpc) is 2.87. The molecule has 0 aromatic heterocycles. The van der Waals surface area contributed by atoms with E-state index in [0.717, 1.165) is 28.8 Å². The van der Waals surface area contributed by atoms with Crippen molar-refractivity contribution in [3.8, 4) is 16.9 Å². The molecule has 0 unspecified atom stereocenters. The largest absolute Gasteiger partial charge is 0.496 e. The van der Waals surface area contributed by atoms with Gasteiger partial charge >= 0.3 is 12.1 Å². The number of carbonyl (C=O) groups excluding carboxylic acids is 1. The number of benzene rings is 3. The number of methoxy groups -OCH3 is 1. The summed E-state index contributed by atoms with van der Waals surface area (Å²) in [5.74, 6) is -1.25. The highest BCUT2D eigenvalue weighted by atomic mass is 19.4. The summed E-state index contributed by atoms with van der Waals surface area (Å²) in [5.41, 5.74) is 2.30. The maximum atomic E-state index is 12.8. The smallest absolute Gasteiger partial charge is 0.416 e. The lowest BCUT2D eigenvalue weighted by Gasteiger charge is -2.19. The standard InChI is InChI=1S/C28H26F3NO5/c1-4-37-25(27(34)35)16-18-8-13-23(24(15-18)36-3)21-7-5-6-19(14-21)17-32(2)26(33)20-9-11-22(12-10-20)28(29,30)31/h5-16H,4,17H2,1-3H3,(H,34,35). The minimum Gasteiger partial charge on any atom is -0.496 e. The van der Waals surface area contributed by atoms with Crippen LogP contribution in [0.15, 0.2) is 72.5 Å². The Morgan fingerprint density at radius 2 is 1.73 bits per heavy atom. The number of hydrogen-bond acceptors (Lipinski definition) is 4. The second-order valence-corrected chi connectivity index (χ2v) is 8.14. The Bertz CT molecular complexity index is 1300. The minimum absolute atomic E-state index is 0.157. The number of carbonyl (C=O) groups is 2. The lowest BCUT2D eigenvalue weighted by atomic mass is 10.00. The molecule has 0 atom stereocenters. The Kier molecular flexibility index (Phi) is 8.60. The van der Waals surface area contributed by atoms with Crippen molar-refractivity contribution in [2.75, 3.05) is 20.8 Å². The van der Waals surface area contributed by atoms with Crippen LogP contribution in [0.1, 0.15) is 34.0 Å². The molecule has 0 saturated carbocycles. The fraction of sp³-hybridized carbons (Fsp3) is 0.214. The molecule has 6 nitrogen and oxygen atoms in total. The number of carboxylic acid groups (broad SMARTS) is 1. The molecule has 0 spiro atoms. The number of aliphatic carboxylic acids is 1. The van der Waals surface area contributed by atoms with Crippen LogP contribution in [0.4, 0.5) is 13.2 Å². The maximum absolute atomic E-state index is 12.8. The summed E-state index contributed by atoms with van der Waals surface area (Å²) < 4.78 is 49.1. The number of alkyl halides is 3. The molecular formula is C28H26F3NO5. The van der Waals surface area contributed by atoms with Gasteiger partial charge in [0.05, 0.1) is 19.3 Å². The predicted octanol–water partition coefficient (Wildman–Crippen LogP) is 6.12. The van der Waals surface area contributed by atoms with Crippen LogP contribution in [0.5, 0.6) is 5.75 Å². The van der Waals surface area contributed by atoms with Crippen molar-refractivity contribution < 1.29 is 37.3 Å². The van der Waals surface area contributed by atoms with Gasteiger partial charge in [0.25, 0.3) is 5.91 Å². The first kappa shape index (κ1) is 27.3. The van der Waals surface area contributed by atoms with Crippen LogP contribution in [-0.2, 0) is 22.3 Å². The number of ether oxygens (including phenoxy) is 2. The molecule has 0 radical (unpaired) electrons. The number of rotatable bonds is 9. The third kappa shape index (κ3) is 6.91. The summed E-state index contributed by atoms with van der Waals surface area (Å²) in [4.78, 5) is 25.5. The zero-order valence-electron chi connectivity index (χ0n) is 20.5. The summed E-state index contributed by atoms with van der Waals surface area (Å²) >= 11 is 0. The second-order valence-electron chi connectivity index (χ2n) is 8.14. The Morgan fingerprint density at radius 3 is 2.32 bits per heavy atom. The zero-order valence-corrected chi connectivity index (χ0v) is 20.5. The lowest BCUT2D eigenvalue weighted by molar-refractivity contribution is -0.138. The molecule has 0 aliphatic heterocycles. The second kappa shape index (κ2) is 11.6. The number of hydrogen-bond donors (Lipinski definition) is 1. The van der Waals surface area contributed by atoms with E-state index in [2.05, 4.69) is 0 Å². The fourth-order valence-electron chi connectivity index (χ4n) is 3.71. The minimum atomic E-state index is -4.47. The van der Waals surface area contributed by atoms with Crippen molar-refractivity contribution in [3.05, 3.63) is 94.7 Å². The highest BCUT2D eigenvalue weighted by Crippen LogP contribution is 2.33. The van der Waals surface area contributed by atoms with Gasteiger partial charge in [-0.05, 0) is 66.1 Å². The summed E-state index contributed by atoms with van der Waals surface area (Å²) in [6.45, 7) is 2.14. The Hall–Kier alpha value is -4.27. The van der Waals surface area contributed by atoms with E-state index in [4.69, 9.17) is 9.47 Å². The Morgan fingerprint density at radius 1 is 1.03 bits per heavy atom. The summed E-state index contributed by atoms with van der Waals surface area (Å²) in [5, 5.41) is 9.29. The van der Waals surface area contributed by atoms with Crippen molar-refractivity contribution in [1.82, 2.24) is 4.90 Å². The first-order valence-corrected chi connectivity index (χ1v) is 11.3. The van der Waals surface area contributed by atoms with Crippen molar-refractivity contribution in [3.63, 3.8) is 0 Å². The highest BCUT2D eigenvalue weighted by molar-refractivity contribution is 5.94. The van der Waals surface area contributed by atoms with Gasteiger partial charge < -0.3 is 19.5 Å². The molecule has 0 heterocycles. The van der Waals surface area contributed by atoms with E-state index < -0.39 is 23.6 Å². The fourth-order valence-corrected chi connectivity index (χ4v) is 3.71. The third-order valence-corrected chi connectivity index (χ3v) is 5.50. The lowest BCUT2D eigenvalue weighted by Crippen LogP contribution is -2.26. The number of amides is 1. The molecule has 0 aliphatic carbocycles. The van der Waals surface area contributed by atoms with Gasteiger partial charge in [0, 0.05) is 24.7 Å². The van der Waals surface area contributed by atoms with E-state index in [1.807, 2.05) is 24.3 Å². The van der Waals surface area contributed by atoms with Crippen LogP contribution in [-0.4, -0.2) is 42.6 Å².